The molecule has 0 bridgehead atoms. The largest absolute Gasteiger partial charge is 0.493 e. The zero-order valence-corrected chi connectivity index (χ0v) is 14.3. The molecule has 124 valence electrons. The van der Waals surface area contributed by atoms with Crippen LogP contribution in [0.5, 0.6) is 11.5 Å². The summed E-state index contributed by atoms with van der Waals surface area (Å²) in [6.45, 7) is 2.07. The quantitative estimate of drug-likeness (QED) is 0.658. The van der Waals surface area contributed by atoms with Gasteiger partial charge in [-0.3, -0.25) is 0 Å². The molecule has 0 radical (unpaired) electrons. The van der Waals surface area contributed by atoms with Crippen LogP contribution in [0.1, 0.15) is 28.4 Å². The molecule has 0 aromatic heterocycles. The Morgan fingerprint density at radius 1 is 0.880 bits per heavy atom. The van der Waals surface area contributed by atoms with Crippen molar-refractivity contribution in [3.8, 4) is 17.6 Å². The summed E-state index contributed by atoms with van der Waals surface area (Å²) in [5.41, 5.74) is 3.85. The molecule has 0 fully saturated rings. The van der Waals surface area contributed by atoms with Crippen molar-refractivity contribution in [2.24, 2.45) is 0 Å². The van der Waals surface area contributed by atoms with Gasteiger partial charge in [-0.15, -0.1) is 0 Å². The topological polar surface area (TPSA) is 42.2 Å². The Kier molecular flexibility index (Phi) is 5.01. The van der Waals surface area contributed by atoms with E-state index in [9.17, 15) is 0 Å². The molecule has 0 heterocycles. The van der Waals surface area contributed by atoms with E-state index in [1.165, 1.54) is 0 Å². The minimum Gasteiger partial charge on any atom is -0.493 e. The monoisotopic (exact) mass is 329 g/mol. The Labute approximate surface area is 148 Å². The molecular weight excluding hydrogens is 310 g/mol. The fraction of sp³-hybridized carbons (Fsp3) is 0.136. The van der Waals surface area contributed by atoms with Crippen LogP contribution < -0.4 is 9.47 Å². The van der Waals surface area contributed by atoms with Crippen molar-refractivity contribution in [3.05, 3.63) is 95.1 Å². The number of aryl methyl sites for hydroxylation is 1. The zero-order valence-electron chi connectivity index (χ0n) is 14.3. The van der Waals surface area contributed by atoms with Crippen molar-refractivity contribution in [2.45, 2.75) is 13.0 Å². The van der Waals surface area contributed by atoms with E-state index in [1.54, 1.807) is 25.3 Å². The Hall–Kier alpha value is -3.25. The summed E-state index contributed by atoms with van der Waals surface area (Å²) >= 11 is 0. The molecule has 0 spiro atoms. The second-order valence-electron chi connectivity index (χ2n) is 5.74. The standard InChI is InChI=1S/C22H19NO2/c1-16-8-6-7-11-19(16)22(18-9-4-3-5-10-18)25-20-13-12-17(15-23)14-21(20)24-2/h3-14,22H,1-2H3/t22-/m0/s1. The fourth-order valence-corrected chi connectivity index (χ4v) is 2.78. The van der Waals surface area contributed by atoms with Gasteiger partial charge in [-0.1, -0.05) is 54.6 Å². The van der Waals surface area contributed by atoms with Crippen LogP contribution in [0.3, 0.4) is 0 Å². The van der Waals surface area contributed by atoms with Crippen molar-refractivity contribution in [3.63, 3.8) is 0 Å². The van der Waals surface area contributed by atoms with Crippen LogP contribution in [0.15, 0.2) is 72.8 Å². The Bertz CT molecular complexity index is 897. The average molecular weight is 329 g/mol. The van der Waals surface area contributed by atoms with Crippen LogP contribution in [-0.4, -0.2) is 7.11 Å². The van der Waals surface area contributed by atoms with Gasteiger partial charge in [0.25, 0.3) is 0 Å². The van der Waals surface area contributed by atoms with Gasteiger partial charge in [0.1, 0.15) is 6.10 Å². The van der Waals surface area contributed by atoms with E-state index in [1.807, 2.05) is 42.5 Å². The first kappa shape index (κ1) is 16.6. The van der Waals surface area contributed by atoms with Crippen LogP contribution in [0, 0.1) is 18.3 Å². The van der Waals surface area contributed by atoms with Crippen LogP contribution in [-0.2, 0) is 0 Å². The predicted octanol–water partition coefficient (Wildman–Crippen LogP) is 5.04. The summed E-state index contributed by atoms with van der Waals surface area (Å²) < 4.78 is 11.8. The lowest BCUT2D eigenvalue weighted by molar-refractivity contribution is 0.233. The summed E-state index contributed by atoms with van der Waals surface area (Å²) in [6, 6.07) is 25.6. The number of hydrogen-bond donors (Lipinski definition) is 0. The molecule has 0 aliphatic carbocycles. The molecule has 0 aliphatic rings. The molecule has 0 N–H and O–H groups in total. The second kappa shape index (κ2) is 7.55. The Morgan fingerprint density at radius 2 is 1.60 bits per heavy atom. The number of nitriles is 1. The molecule has 3 aromatic carbocycles. The molecule has 3 heteroatoms. The SMILES string of the molecule is COc1cc(C#N)ccc1O[C@@H](c1ccccc1)c1ccccc1C. The summed E-state index contributed by atoms with van der Waals surface area (Å²) in [7, 11) is 1.58. The summed E-state index contributed by atoms with van der Waals surface area (Å²) in [5.74, 6) is 1.16. The second-order valence-corrected chi connectivity index (χ2v) is 5.74. The average Bonchev–Trinajstić information content (AvgIpc) is 2.67. The van der Waals surface area contributed by atoms with Crippen LogP contribution in [0.2, 0.25) is 0 Å². The first-order valence-corrected chi connectivity index (χ1v) is 8.08. The van der Waals surface area contributed by atoms with Crippen LogP contribution in [0.4, 0.5) is 0 Å². The van der Waals surface area contributed by atoms with Gasteiger partial charge in [-0.05, 0) is 35.7 Å². The van der Waals surface area contributed by atoms with Gasteiger partial charge in [-0.25, -0.2) is 0 Å². The molecule has 0 unspecified atom stereocenters. The molecule has 25 heavy (non-hydrogen) atoms. The zero-order chi connectivity index (χ0) is 17.6. The Morgan fingerprint density at radius 3 is 2.28 bits per heavy atom. The highest BCUT2D eigenvalue weighted by Gasteiger charge is 2.19. The van der Waals surface area contributed by atoms with Crippen molar-refractivity contribution in [1.82, 2.24) is 0 Å². The molecule has 0 aliphatic heterocycles. The van der Waals surface area contributed by atoms with Crippen molar-refractivity contribution in [1.29, 1.82) is 5.26 Å². The lowest BCUT2D eigenvalue weighted by atomic mass is 9.97. The lowest BCUT2D eigenvalue weighted by Crippen LogP contribution is -2.11. The fourth-order valence-electron chi connectivity index (χ4n) is 2.78. The molecule has 1 atom stereocenters. The van der Waals surface area contributed by atoms with Gasteiger partial charge in [0.15, 0.2) is 11.5 Å². The van der Waals surface area contributed by atoms with Gasteiger partial charge in [-0.2, -0.15) is 5.26 Å². The first-order valence-electron chi connectivity index (χ1n) is 8.08. The lowest BCUT2D eigenvalue weighted by Gasteiger charge is -2.23. The smallest absolute Gasteiger partial charge is 0.162 e. The molecule has 3 rings (SSSR count). The van der Waals surface area contributed by atoms with E-state index >= 15 is 0 Å². The summed E-state index contributed by atoms with van der Waals surface area (Å²) in [5, 5.41) is 9.08. The van der Waals surface area contributed by atoms with E-state index < -0.39 is 0 Å². The highest BCUT2D eigenvalue weighted by molar-refractivity contribution is 5.48. The third-order valence-corrected chi connectivity index (χ3v) is 4.11. The van der Waals surface area contributed by atoms with Gasteiger partial charge < -0.3 is 9.47 Å². The molecular formula is C22H19NO2. The van der Waals surface area contributed by atoms with Crippen LogP contribution >= 0.6 is 0 Å². The summed E-state index contributed by atoms with van der Waals surface area (Å²) in [4.78, 5) is 0. The third-order valence-electron chi connectivity index (χ3n) is 4.11. The number of hydrogen-bond acceptors (Lipinski definition) is 3. The number of ether oxygens (including phenoxy) is 2. The number of nitrogens with zero attached hydrogens (tertiary/aromatic N) is 1. The molecule has 0 saturated heterocycles. The number of benzene rings is 3. The molecule has 3 aromatic rings. The third kappa shape index (κ3) is 3.64. The van der Waals surface area contributed by atoms with Gasteiger partial charge in [0.2, 0.25) is 0 Å². The minimum absolute atomic E-state index is 0.260. The van der Waals surface area contributed by atoms with Crippen molar-refractivity contribution >= 4 is 0 Å². The van der Waals surface area contributed by atoms with E-state index in [2.05, 4.69) is 25.1 Å². The van der Waals surface area contributed by atoms with E-state index in [4.69, 9.17) is 14.7 Å². The Balaban J connectivity index is 2.05. The predicted molar refractivity (Wildman–Crippen MR) is 97.8 cm³/mol. The maximum atomic E-state index is 9.08. The van der Waals surface area contributed by atoms with Crippen molar-refractivity contribution in [2.75, 3.05) is 7.11 Å². The van der Waals surface area contributed by atoms with Crippen molar-refractivity contribution < 1.29 is 9.47 Å². The maximum Gasteiger partial charge on any atom is 0.162 e. The molecule has 3 nitrogen and oxygen atoms in total. The van der Waals surface area contributed by atoms with E-state index in [-0.39, 0.29) is 6.10 Å². The maximum absolute atomic E-state index is 9.08. The van der Waals surface area contributed by atoms with E-state index in [0.29, 0.717) is 17.1 Å². The van der Waals surface area contributed by atoms with Gasteiger partial charge >= 0.3 is 0 Å². The normalized spacial score (nSPS) is 11.4. The minimum atomic E-state index is -0.260. The molecule has 0 amide bonds. The van der Waals surface area contributed by atoms with Crippen LogP contribution in [0.25, 0.3) is 0 Å². The van der Waals surface area contributed by atoms with Gasteiger partial charge in [0.05, 0.1) is 18.7 Å². The van der Waals surface area contributed by atoms with E-state index in [0.717, 1.165) is 16.7 Å². The highest BCUT2D eigenvalue weighted by atomic mass is 16.5. The first-order chi connectivity index (χ1) is 12.2. The van der Waals surface area contributed by atoms with Gasteiger partial charge in [0, 0.05) is 6.07 Å². The summed E-state index contributed by atoms with van der Waals surface area (Å²) in [6.07, 6.45) is -0.260. The number of rotatable bonds is 5. The highest BCUT2D eigenvalue weighted by Crippen LogP contribution is 2.35. The number of methoxy groups -OCH3 is 1. The molecule has 0 saturated carbocycles.